The predicted octanol–water partition coefficient (Wildman–Crippen LogP) is 3.63. The summed E-state index contributed by atoms with van der Waals surface area (Å²) in [4.78, 5) is 0. The van der Waals surface area contributed by atoms with E-state index in [1.54, 1.807) is 0 Å². The number of fused-ring (bicyclic) bond motifs is 1. The molecule has 0 aromatic heterocycles. The van der Waals surface area contributed by atoms with E-state index in [0.29, 0.717) is 17.6 Å². The molecule has 1 heterocycles. The first-order valence-electron chi connectivity index (χ1n) is 6.16. The van der Waals surface area contributed by atoms with Crippen molar-refractivity contribution < 1.29 is 4.74 Å². The zero-order valence-electron chi connectivity index (χ0n) is 10.0. The van der Waals surface area contributed by atoms with Crippen molar-refractivity contribution in [2.75, 3.05) is 0 Å². The van der Waals surface area contributed by atoms with E-state index in [9.17, 15) is 0 Å². The molecule has 1 saturated carbocycles. The van der Waals surface area contributed by atoms with Crippen LogP contribution in [0.2, 0.25) is 0 Å². The summed E-state index contributed by atoms with van der Waals surface area (Å²) < 4.78 is 6.14. The minimum atomic E-state index is 0.493. The van der Waals surface area contributed by atoms with Gasteiger partial charge >= 0.3 is 0 Å². The topological polar surface area (TPSA) is 9.23 Å². The molecular weight excluding hydrogens is 172 g/mol. The molecule has 2 rings (SSSR count). The van der Waals surface area contributed by atoms with Gasteiger partial charge < -0.3 is 4.74 Å². The molecule has 1 heteroatoms. The van der Waals surface area contributed by atoms with Gasteiger partial charge in [-0.25, -0.2) is 0 Å². The number of rotatable bonds is 0. The van der Waals surface area contributed by atoms with Crippen molar-refractivity contribution in [2.45, 2.75) is 65.6 Å². The predicted molar refractivity (Wildman–Crippen MR) is 59.2 cm³/mol. The molecule has 0 N–H and O–H groups in total. The van der Waals surface area contributed by atoms with E-state index in [2.05, 4.69) is 27.7 Å². The van der Waals surface area contributed by atoms with Crippen LogP contribution in [0.4, 0.5) is 0 Å². The smallest absolute Gasteiger partial charge is 0.0637 e. The van der Waals surface area contributed by atoms with Crippen molar-refractivity contribution in [1.82, 2.24) is 0 Å². The molecule has 82 valence electrons. The number of hydrogen-bond donors (Lipinski definition) is 0. The second-order valence-electron chi connectivity index (χ2n) is 6.10. The van der Waals surface area contributed by atoms with E-state index in [1.165, 1.54) is 25.7 Å². The molecule has 0 bridgehead atoms. The van der Waals surface area contributed by atoms with Gasteiger partial charge in [0.25, 0.3) is 0 Å². The molecule has 2 aliphatic rings. The molecular formula is C13H24O. The van der Waals surface area contributed by atoms with Crippen molar-refractivity contribution in [2.24, 2.45) is 17.3 Å². The normalized spacial score (nSPS) is 47.1. The maximum Gasteiger partial charge on any atom is 0.0637 e. The molecule has 0 radical (unpaired) electrons. The molecule has 4 atom stereocenters. The molecule has 1 aliphatic carbocycles. The minimum absolute atomic E-state index is 0.493. The second kappa shape index (κ2) is 3.52. The zero-order chi connectivity index (χ0) is 10.3. The summed E-state index contributed by atoms with van der Waals surface area (Å²) >= 11 is 0. The SMILES string of the molecule is CC1CCC(C)(C)[C@H]2CC[C@H](C)O[C@@H]12. The molecule has 1 saturated heterocycles. The second-order valence-corrected chi connectivity index (χ2v) is 6.10. The summed E-state index contributed by atoms with van der Waals surface area (Å²) in [6.07, 6.45) is 6.41. The van der Waals surface area contributed by atoms with Gasteiger partial charge in [0.1, 0.15) is 0 Å². The summed E-state index contributed by atoms with van der Waals surface area (Å²) in [6, 6.07) is 0. The van der Waals surface area contributed by atoms with Crippen LogP contribution in [0.15, 0.2) is 0 Å². The van der Waals surface area contributed by atoms with Crippen LogP contribution in [0.1, 0.15) is 53.4 Å². The Labute approximate surface area is 88.2 Å². The van der Waals surface area contributed by atoms with Crippen LogP contribution in [0.25, 0.3) is 0 Å². The van der Waals surface area contributed by atoms with Crippen molar-refractivity contribution in [3.63, 3.8) is 0 Å². The highest BCUT2D eigenvalue weighted by molar-refractivity contribution is 4.94. The fraction of sp³-hybridized carbons (Fsp3) is 1.00. The van der Waals surface area contributed by atoms with Crippen molar-refractivity contribution in [3.05, 3.63) is 0 Å². The third-order valence-electron chi connectivity index (χ3n) is 4.48. The summed E-state index contributed by atoms with van der Waals surface area (Å²) in [5.74, 6) is 1.58. The Kier molecular flexibility index (Phi) is 2.63. The Hall–Kier alpha value is -0.0400. The number of hydrogen-bond acceptors (Lipinski definition) is 1. The van der Waals surface area contributed by atoms with E-state index in [0.717, 1.165) is 11.8 Å². The van der Waals surface area contributed by atoms with Gasteiger partial charge in [0.05, 0.1) is 12.2 Å². The lowest BCUT2D eigenvalue weighted by atomic mass is 9.61. The zero-order valence-corrected chi connectivity index (χ0v) is 10.0. The van der Waals surface area contributed by atoms with Crippen LogP contribution in [-0.2, 0) is 4.74 Å². The van der Waals surface area contributed by atoms with Gasteiger partial charge in [-0.2, -0.15) is 0 Å². The Morgan fingerprint density at radius 2 is 1.79 bits per heavy atom. The maximum atomic E-state index is 6.14. The van der Waals surface area contributed by atoms with Crippen LogP contribution < -0.4 is 0 Å². The average molecular weight is 196 g/mol. The largest absolute Gasteiger partial charge is 0.375 e. The van der Waals surface area contributed by atoms with Crippen LogP contribution in [0.5, 0.6) is 0 Å². The molecule has 0 aromatic carbocycles. The molecule has 0 amide bonds. The van der Waals surface area contributed by atoms with Crippen molar-refractivity contribution >= 4 is 0 Å². The molecule has 0 spiro atoms. The highest BCUT2D eigenvalue weighted by Crippen LogP contribution is 2.49. The Bertz CT molecular complexity index is 209. The van der Waals surface area contributed by atoms with Crippen LogP contribution >= 0.6 is 0 Å². The first-order valence-corrected chi connectivity index (χ1v) is 6.16. The van der Waals surface area contributed by atoms with Gasteiger partial charge in [0.15, 0.2) is 0 Å². The first-order chi connectivity index (χ1) is 6.50. The Morgan fingerprint density at radius 1 is 1.07 bits per heavy atom. The Balaban J connectivity index is 2.14. The van der Waals surface area contributed by atoms with Crippen LogP contribution in [0, 0.1) is 17.3 Å². The van der Waals surface area contributed by atoms with Crippen molar-refractivity contribution in [1.29, 1.82) is 0 Å². The van der Waals surface area contributed by atoms with E-state index in [4.69, 9.17) is 4.74 Å². The van der Waals surface area contributed by atoms with Crippen molar-refractivity contribution in [3.8, 4) is 0 Å². The molecule has 14 heavy (non-hydrogen) atoms. The lowest BCUT2D eigenvalue weighted by Crippen LogP contribution is -2.48. The molecule has 1 nitrogen and oxygen atoms in total. The molecule has 2 fully saturated rings. The number of ether oxygens (including phenoxy) is 1. The maximum absolute atomic E-state index is 6.14. The lowest BCUT2D eigenvalue weighted by Gasteiger charge is -2.50. The highest BCUT2D eigenvalue weighted by Gasteiger charge is 2.45. The highest BCUT2D eigenvalue weighted by atomic mass is 16.5. The fourth-order valence-electron chi connectivity index (χ4n) is 3.33. The summed E-state index contributed by atoms with van der Waals surface area (Å²) in [5.41, 5.74) is 0.511. The van der Waals surface area contributed by atoms with E-state index < -0.39 is 0 Å². The fourth-order valence-corrected chi connectivity index (χ4v) is 3.33. The summed E-state index contributed by atoms with van der Waals surface area (Å²) in [7, 11) is 0. The van der Waals surface area contributed by atoms with E-state index >= 15 is 0 Å². The third kappa shape index (κ3) is 1.71. The Morgan fingerprint density at radius 3 is 2.50 bits per heavy atom. The van der Waals surface area contributed by atoms with Gasteiger partial charge in [-0.05, 0) is 49.9 Å². The van der Waals surface area contributed by atoms with E-state index in [-0.39, 0.29) is 0 Å². The third-order valence-corrected chi connectivity index (χ3v) is 4.48. The standard InChI is InChI=1S/C13H24O/c1-9-7-8-13(3,4)11-6-5-10(2)14-12(9)11/h9-12H,5-8H2,1-4H3/t9?,10-,11-,12-/m0/s1. The average Bonchev–Trinajstić information content (AvgIpc) is 2.12. The monoisotopic (exact) mass is 196 g/mol. The summed E-state index contributed by atoms with van der Waals surface area (Å²) in [6.45, 7) is 9.45. The van der Waals surface area contributed by atoms with Crippen LogP contribution in [0.3, 0.4) is 0 Å². The van der Waals surface area contributed by atoms with E-state index in [1.807, 2.05) is 0 Å². The van der Waals surface area contributed by atoms with Crippen LogP contribution in [-0.4, -0.2) is 12.2 Å². The van der Waals surface area contributed by atoms with Gasteiger partial charge in [-0.3, -0.25) is 0 Å². The molecule has 0 aromatic rings. The molecule has 1 unspecified atom stereocenters. The summed E-state index contributed by atoms with van der Waals surface area (Å²) in [5, 5.41) is 0. The minimum Gasteiger partial charge on any atom is -0.375 e. The van der Waals surface area contributed by atoms with Gasteiger partial charge in [-0.15, -0.1) is 0 Å². The van der Waals surface area contributed by atoms with Gasteiger partial charge in [0, 0.05) is 0 Å². The molecule has 1 aliphatic heterocycles. The van der Waals surface area contributed by atoms with Gasteiger partial charge in [-0.1, -0.05) is 20.8 Å². The lowest BCUT2D eigenvalue weighted by molar-refractivity contribution is -0.151. The first kappa shape index (κ1) is 10.5. The van der Waals surface area contributed by atoms with Gasteiger partial charge in [0.2, 0.25) is 0 Å². The quantitative estimate of drug-likeness (QED) is 0.575.